The van der Waals surface area contributed by atoms with Crippen LogP contribution in [0.3, 0.4) is 0 Å². The van der Waals surface area contributed by atoms with Gasteiger partial charge in [-0.2, -0.15) is 0 Å². The molecule has 0 rings (SSSR count). The Bertz CT molecular complexity index is 118. The third kappa shape index (κ3) is 8070. The van der Waals surface area contributed by atoms with Crippen LogP contribution in [-0.4, -0.2) is 98.7 Å². The van der Waals surface area contributed by atoms with Crippen LogP contribution in [-0.2, 0) is 0 Å². The zero-order chi connectivity index (χ0) is 10.7. The number of hydrogen-bond acceptors (Lipinski definition) is 5. The van der Waals surface area contributed by atoms with Crippen molar-refractivity contribution in [1.82, 2.24) is 0 Å². The van der Waals surface area contributed by atoms with Crippen molar-refractivity contribution >= 4 is 78.3 Å². The number of carbonyl (C=O) groups excluding carboxylic acids is 1. The van der Waals surface area contributed by atoms with E-state index < -0.39 is 18.5 Å². The maximum absolute atomic E-state index is 8.56. The van der Waals surface area contributed by atoms with E-state index in [9.17, 15) is 0 Å². The summed E-state index contributed by atoms with van der Waals surface area (Å²) in [5.41, 5.74) is 0. The van der Waals surface area contributed by atoms with Gasteiger partial charge in [-0.05, 0) is 17.1 Å². The predicted molar refractivity (Wildman–Crippen MR) is 43.8 cm³/mol. The maximum atomic E-state index is 8.56. The minimum absolute atomic E-state index is 0. The van der Waals surface area contributed by atoms with Crippen molar-refractivity contribution in [2.24, 2.45) is 0 Å². The van der Waals surface area contributed by atoms with E-state index in [0.717, 1.165) is 0 Å². The summed E-state index contributed by atoms with van der Waals surface area (Å²) in [5, 5.41) is 44.6. The average molecular weight is 354 g/mol. The Hall–Kier alpha value is -0.402. The molecule has 0 bridgehead atoms. The van der Waals surface area contributed by atoms with Crippen LogP contribution < -0.4 is 10.2 Å². The van der Waals surface area contributed by atoms with E-state index in [-0.39, 0.29) is 59.8 Å². The molecule has 0 fully saturated rings. The molecule has 11 heteroatoms. The van der Waals surface area contributed by atoms with Gasteiger partial charge in [-0.1, -0.05) is 0 Å². The van der Waals surface area contributed by atoms with Gasteiger partial charge in [0.2, 0.25) is 0 Å². The second-order valence-corrected chi connectivity index (χ2v) is 0.815. The number of hydrogen-bond donors (Lipinski definition) is 4. The van der Waals surface area contributed by atoms with Gasteiger partial charge in [0, 0.05) is 0 Å². The molecular formula is C3H8BaO9Si. The number of carbonyl (C=O) groups is 3. The molecule has 0 aromatic carbocycles. The van der Waals surface area contributed by atoms with Gasteiger partial charge in [-0.3, -0.25) is 0 Å². The van der Waals surface area contributed by atoms with E-state index in [0.29, 0.717) is 0 Å². The van der Waals surface area contributed by atoms with Crippen LogP contribution in [0.5, 0.6) is 0 Å². The first-order valence-corrected chi connectivity index (χ1v) is 1.92. The van der Waals surface area contributed by atoms with Crippen molar-refractivity contribution in [3.8, 4) is 0 Å². The summed E-state index contributed by atoms with van der Waals surface area (Å²) in [6.45, 7) is 0. The molecule has 0 aromatic rings. The minimum atomic E-state index is -2.33. The van der Waals surface area contributed by atoms with E-state index in [1.807, 2.05) is 0 Å². The van der Waals surface area contributed by atoms with Crippen LogP contribution in [0.25, 0.3) is 0 Å². The molecule has 0 heterocycles. The Kier molecular flexibility index (Phi) is 47.8. The molecule has 14 heavy (non-hydrogen) atoms. The molecule has 80 valence electrons. The minimum Gasteiger partial charge on any atom is -0.652 e. The zero-order valence-electron chi connectivity index (χ0n) is 6.04. The van der Waals surface area contributed by atoms with E-state index in [1.54, 1.807) is 0 Å². The molecule has 0 saturated heterocycles. The quantitative estimate of drug-likeness (QED) is 0.317. The molecule has 0 saturated carbocycles. The summed E-state index contributed by atoms with van der Waals surface area (Å²) < 4.78 is 0. The Balaban J connectivity index is -0.0000000270. The smallest absolute Gasteiger partial charge is 0.652 e. The van der Waals surface area contributed by atoms with Crippen molar-refractivity contribution in [2.45, 2.75) is 0 Å². The maximum Gasteiger partial charge on any atom is 2.00 e. The van der Waals surface area contributed by atoms with Crippen LogP contribution in [0, 0.1) is 0 Å². The third-order valence-electron chi connectivity index (χ3n) is 0. The van der Waals surface area contributed by atoms with Crippen molar-refractivity contribution in [1.29, 1.82) is 0 Å². The molecule has 0 unspecified atom stereocenters. The summed E-state index contributed by atoms with van der Waals surface area (Å²) in [6, 6.07) is 0. The zero-order valence-corrected chi connectivity index (χ0v) is 10.5. The molecule has 9 nitrogen and oxygen atoms in total. The van der Waals surface area contributed by atoms with Crippen molar-refractivity contribution < 1.29 is 45.0 Å². The Morgan fingerprint density at radius 2 is 0.786 bits per heavy atom. The SMILES string of the molecule is O=C(O)O.O=C(O)O.O=C([O-])[O-].[Ba+2].[SiH4]. The van der Waals surface area contributed by atoms with Crippen molar-refractivity contribution in [2.75, 3.05) is 0 Å². The molecule has 0 spiro atoms. The third-order valence-corrected chi connectivity index (χ3v) is 0. The van der Waals surface area contributed by atoms with Gasteiger partial charge in [0.25, 0.3) is 0 Å². The Morgan fingerprint density at radius 1 is 0.786 bits per heavy atom. The van der Waals surface area contributed by atoms with Gasteiger partial charge in [0.15, 0.2) is 0 Å². The van der Waals surface area contributed by atoms with Crippen LogP contribution in [0.2, 0.25) is 0 Å². The first kappa shape index (κ1) is 29.2. The summed E-state index contributed by atoms with van der Waals surface area (Å²) >= 11 is 0. The standard InChI is InChI=1S/3CH2O3.Ba.H4Si/c3*2-1(3)4;;/h3*(H2,2,3,4);;1H4/q;;;+2;/p-2. The van der Waals surface area contributed by atoms with Crippen LogP contribution >= 0.6 is 0 Å². The fourth-order valence-electron chi connectivity index (χ4n) is 0. The van der Waals surface area contributed by atoms with Crippen LogP contribution in [0.4, 0.5) is 14.4 Å². The monoisotopic (exact) mass is 354 g/mol. The van der Waals surface area contributed by atoms with E-state index >= 15 is 0 Å². The molecule has 0 aliphatic heterocycles. The number of rotatable bonds is 0. The largest absolute Gasteiger partial charge is 2.00 e. The fourth-order valence-corrected chi connectivity index (χ4v) is 0. The topological polar surface area (TPSA) is 178 Å². The van der Waals surface area contributed by atoms with Gasteiger partial charge in [-0.25, -0.2) is 9.59 Å². The summed E-state index contributed by atoms with van der Waals surface area (Å²) in [4.78, 5) is 25.4. The van der Waals surface area contributed by atoms with Gasteiger partial charge in [-0.15, -0.1) is 0 Å². The molecule has 0 aliphatic rings. The molecule has 0 amide bonds. The van der Waals surface area contributed by atoms with E-state index in [1.165, 1.54) is 0 Å². The normalized spacial score (nSPS) is 5.14. The fraction of sp³-hybridized carbons (Fsp3) is 0. The van der Waals surface area contributed by atoms with Gasteiger partial charge >= 0.3 is 61.2 Å². The number of carboxylic acid groups (broad SMARTS) is 6. The molecular weight excluding hydrogens is 345 g/mol. The molecule has 0 radical (unpaired) electrons. The molecule has 0 aliphatic carbocycles. The first-order valence-electron chi connectivity index (χ1n) is 1.92. The summed E-state index contributed by atoms with van der Waals surface area (Å²) in [6.07, 6.45) is -6.00. The Labute approximate surface area is 122 Å². The van der Waals surface area contributed by atoms with Crippen LogP contribution in [0.15, 0.2) is 0 Å². The second kappa shape index (κ2) is 22.9. The van der Waals surface area contributed by atoms with E-state index in [4.69, 9.17) is 45.0 Å². The summed E-state index contributed by atoms with van der Waals surface area (Å²) in [5.74, 6) is 0. The molecule has 4 N–H and O–H groups in total. The average Bonchev–Trinajstić information content (AvgIpc) is 1.54. The van der Waals surface area contributed by atoms with Gasteiger partial charge in [0.05, 0.1) is 0 Å². The molecule has 0 aromatic heterocycles. The first-order chi connectivity index (χ1) is 5.20. The van der Waals surface area contributed by atoms with Gasteiger partial charge in [0.1, 0.15) is 0 Å². The van der Waals surface area contributed by atoms with Crippen molar-refractivity contribution in [3.63, 3.8) is 0 Å². The molecule has 0 atom stereocenters. The van der Waals surface area contributed by atoms with Gasteiger partial charge < -0.3 is 35.4 Å². The summed E-state index contributed by atoms with van der Waals surface area (Å²) in [7, 11) is 0. The van der Waals surface area contributed by atoms with Crippen LogP contribution in [0.1, 0.15) is 0 Å². The Morgan fingerprint density at radius 3 is 0.786 bits per heavy atom. The van der Waals surface area contributed by atoms with Crippen molar-refractivity contribution in [3.05, 3.63) is 0 Å². The van der Waals surface area contributed by atoms with E-state index in [2.05, 4.69) is 0 Å². The second-order valence-electron chi connectivity index (χ2n) is 0.815. The predicted octanol–water partition coefficient (Wildman–Crippen LogP) is -3.83.